The first-order chi connectivity index (χ1) is 8.25. The van der Waals surface area contributed by atoms with Gasteiger partial charge in [0, 0.05) is 18.0 Å². The molecule has 1 aromatic carbocycles. The van der Waals surface area contributed by atoms with Gasteiger partial charge in [-0.15, -0.1) is 11.8 Å². The van der Waals surface area contributed by atoms with Crippen LogP contribution in [0.25, 0.3) is 0 Å². The molecule has 0 amide bonds. The number of hydrogen-bond acceptors (Lipinski definition) is 3. The van der Waals surface area contributed by atoms with Crippen LogP contribution in [0.2, 0.25) is 0 Å². The van der Waals surface area contributed by atoms with Crippen LogP contribution in [-0.4, -0.2) is 4.98 Å². The van der Waals surface area contributed by atoms with Crippen LogP contribution in [-0.2, 0) is 5.75 Å². The van der Waals surface area contributed by atoms with E-state index < -0.39 is 0 Å². The molecule has 1 heterocycles. The molecule has 2 N–H and O–H groups in total. The highest BCUT2D eigenvalue weighted by atomic mass is 32.2. The van der Waals surface area contributed by atoms with E-state index in [1.54, 1.807) is 11.8 Å². The van der Waals surface area contributed by atoms with Crippen molar-refractivity contribution in [2.45, 2.75) is 23.7 Å². The molecule has 2 nitrogen and oxygen atoms in total. The van der Waals surface area contributed by atoms with Gasteiger partial charge in [0.25, 0.3) is 0 Å². The lowest BCUT2D eigenvalue weighted by molar-refractivity contribution is 0.806. The van der Waals surface area contributed by atoms with Crippen LogP contribution in [0.3, 0.4) is 0 Å². The minimum Gasteiger partial charge on any atom is -0.324 e. The Balaban J connectivity index is 1.96. The number of rotatable bonds is 4. The molecule has 0 bridgehead atoms. The van der Waals surface area contributed by atoms with Crippen LogP contribution in [0.4, 0.5) is 0 Å². The van der Waals surface area contributed by atoms with Gasteiger partial charge in [0.05, 0.1) is 5.03 Å². The van der Waals surface area contributed by atoms with Gasteiger partial charge in [-0.2, -0.15) is 0 Å². The number of thioether (sulfide) groups is 1. The second kappa shape index (κ2) is 5.84. The standard InChI is InChI=1S/C14H16N2S/c1-11(15)13-7-8-14(16-9-13)17-10-12-5-3-2-4-6-12/h2-9,11H,10,15H2,1H3. The zero-order valence-electron chi connectivity index (χ0n) is 9.84. The zero-order valence-corrected chi connectivity index (χ0v) is 10.7. The SMILES string of the molecule is CC(N)c1ccc(SCc2ccccc2)nc1. The van der Waals surface area contributed by atoms with Crippen molar-refractivity contribution in [1.29, 1.82) is 0 Å². The summed E-state index contributed by atoms with van der Waals surface area (Å²) in [7, 11) is 0. The van der Waals surface area contributed by atoms with Crippen LogP contribution in [0.15, 0.2) is 53.7 Å². The van der Waals surface area contributed by atoms with Gasteiger partial charge < -0.3 is 5.73 Å². The molecule has 0 aliphatic rings. The summed E-state index contributed by atoms with van der Waals surface area (Å²) in [5.41, 5.74) is 8.18. The minimum absolute atomic E-state index is 0.0515. The van der Waals surface area contributed by atoms with Crippen molar-refractivity contribution in [3.8, 4) is 0 Å². The first-order valence-corrected chi connectivity index (χ1v) is 6.62. The summed E-state index contributed by atoms with van der Waals surface area (Å²) < 4.78 is 0. The van der Waals surface area contributed by atoms with Crippen LogP contribution in [0, 0.1) is 0 Å². The fourth-order valence-electron chi connectivity index (χ4n) is 1.48. The molecule has 0 saturated heterocycles. The van der Waals surface area contributed by atoms with Crippen LogP contribution in [0.5, 0.6) is 0 Å². The van der Waals surface area contributed by atoms with Crippen molar-refractivity contribution in [3.63, 3.8) is 0 Å². The predicted molar refractivity (Wildman–Crippen MR) is 72.8 cm³/mol. The predicted octanol–water partition coefficient (Wildman–Crippen LogP) is 3.39. The molecule has 2 aromatic rings. The van der Waals surface area contributed by atoms with Gasteiger partial charge in [0.1, 0.15) is 0 Å². The van der Waals surface area contributed by atoms with Crippen molar-refractivity contribution >= 4 is 11.8 Å². The van der Waals surface area contributed by atoms with Crippen LogP contribution >= 0.6 is 11.8 Å². The summed E-state index contributed by atoms with van der Waals surface area (Å²) in [5.74, 6) is 0.950. The normalized spacial score (nSPS) is 12.4. The molecule has 0 aliphatic carbocycles. The number of benzene rings is 1. The van der Waals surface area contributed by atoms with Gasteiger partial charge >= 0.3 is 0 Å². The summed E-state index contributed by atoms with van der Waals surface area (Å²) in [4.78, 5) is 4.40. The number of nitrogens with zero attached hydrogens (tertiary/aromatic N) is 1. The van der Waals surface area contributed by atoms with E-state index in [1.807, 2.05) is 31.3 Å². The fraction of sp³-hybridized carbons (Fsp3) is 0.214. The molecule has 1 aromatic heterocycles. The Kier molecular flexibility index (Phi) is 4.18. The van der Waals surface area contributed by atoms with Crippen molar-refractivity contribution in [3.05, 3.63) is 59.8 Å². The van der Waals surface area contributed by atoms with Crippen molar-refractivity contribution in [1.82, 2.24) is 4.98 Å². The number of nitrogens with two attached hydrogens (primary N) is 1. The average molecular weight is 244 g/mol. The van der Waals surface area contributed by atoms with Crippen molar-refractivity contribution in [2.75, 3.05) is 0 Å². The van der Waals surface area contributed by atoms with E-state index in [2.05, 4.69) is 29.2 Å². The third-order valence-electron chi connectivity index (χ3n) is 2.51. The lowest BCUT2D eigenvalue weighted by Gasteiger charge is -2.06. The monoisotopic (exact) mass is 244 g/mol. The summed E-state index contributed by atoms with van der Waals surface area (Å²) in [6, 6.07) is 14.5. The molecular formula is C14H16N2S. The fourth-order valence-corrected chi connectivity index (χ4v) is 2.28. The zero-order chi connectivity index (χ0) is 12.1. The Morgan fingerprint density at radius 1 is 1.18 bits per heavy atom. The second-order valence-corrected chi connectivity index (χ2v) is 4.99. The molecule has 3 heteroatoms. The quantitative estimate of drug-likeness (QED) is 0.838. The maximum atomic E-state index is 5.78. The maximum Gasteiger partial charge on any atom is 0.0963 e. The topological polar surface area (TPSA) is 38.9 Å². The average Bonchev–Trinajstić information content (AvgIpc) is 2.38. The molecule has 0 saturated carbocycles. The molecule has 2 rings (SSSR count). The van der Waals surface area contributed by atoms with E-state index in [0.29, 0.717) is 0 Å². The first-order valence-electron chi connectivity index (χ1n) is 5.64. The Bertz CT molecular complexity index is 451. The number of aromatic nitrogens is 1. The third-order valence-corrected chi connectivity index (χ3v) is 3.53. The van der Waals surface area contributed by atoms with Crippen molar-refractivity contribution < 1.29 is 0 Å². The van der Waals surface area contributed by atoms with Gasteiger partial charge in [-0.3, -0.25) is 0 Å². The summed E-state index contributed by atoms with van der Waals surface area (Å²) in [6.07, 6.45) is 1.86. The molecule has 0 fully saturated rings. The summed E-state index contributed by atoms with van der Waals surface area (Å²) in [6.45, 7) is 1.97. The Labute approximate surface area is 106 Å². The van der Waals surface area contributed by atoms with Crippen LogP contribution in [0.1, 0.15) is 24.1 Å². The lowest BCUT2D eigenvalue weighted by atomic mass is 10.2. The number of hydrogen-bond donors (Lipinski definition) is 1. The largest absolute Gasteiger partial charge is 0.324 e. The minimum atomic E-state index is 0.0515. The molecule has 0 radical (unpaired) electrons. The van der Waals surface area contributed by atoms with Crippen LogP contribution < -0.4 is 5.73 Å². The molecule has 0 aliphatic heterocycles. The van der Waals surface area contributed by atoms with E-state index in [1.165, 1.54) is 5.56 Å². The molecule has 0 spiro atoms. The Morgan fingerprint density at radius 2 is 1.94 bits per heavy atom. The van der Waals surface area contributed by atoms with Gasteiger partial charge in [-0.1, -0.05) is 36.4 Å². The highest BCUT2D eigenvalue weighted by Crippen LogP contribution is 2.21. The molecule has 1 atom stereocenters. The van der Waals surface area contributed by atoms with Gasteiger partial charge in [0.15, 0.2) is 0 Å². The third kappa shape index (κ3) is 3.58. The Morgan fingerprint density at radius 3 is 2.53 bits per heavy atom. The molecule has 17 heavy (non-hydrogen) atoms. The van der Waals surface area contributed by atoms with Gasteiger partial charge in [-0.25, -0.2) is 4.98 Å². The number of pyridine rings is 1. The summed E-state index contributed by atoms with van der Waals surface area (Å²) >= 11 is 1.74. The molecule has 88 valence electrons. The van der Waals surface area contributed by atoms with E-state index in [9.17, 15) is 0 Å². The smallest absolute Gasteiger partial charge is 0.0963 e. The van der Waals surface area contributed by atoms with E-state index >= 15 is 0 Å². The maximum absolute atomic E-state index is 5.78. The first kappa shape index (κ1) is 12.1. The van der Waals surface area contributed by atoms with Gasteiger partial charge in [-0.05, 0) is 24.1 Å². The van der Waals surface area contributed by atoms with Gasteiger partial charge in [0.2, 0.25) is 0 Å². The van der Waals surface area contributed by atoms with E-state index in [4.69, 9.17) is 5.73 Å². The summed E-state index contributed by atoms with van der Waals surface area (Å²) in [5, 5.41) is 1.04. The molecule has 1 unspecified atom stereocenters. The van der Waals surface area contributed by atoms with Crippen molar-refractivity contribution in [2.24, 2.45) is 5.73 Å². The van der Waals surface area contributed by atoms with E-state index in [0.717, 1.165) is 16.3 Å². The Hall–Kier alpha value is -1.32. The highest BCUT2D eigenvalue weighted by Gasteiger charge is 2.01. The second-order valence-electron chi connectivity index (χ2n) is 3.99. The lowest BCUT2D eigenvalue weighted by Crippen LogP contribution is -2.04. The van der Waals surface area contributed by atoms with E-state index in [-0.39, 0.29) is 6.04 Å². The highest BCUT2D eigenvalue weighted by molar-refractivity contribution is 7.98. The molecular weight excluding hydrogens is 228 g/mol.